The minimum absolute atomic E-state index is 0.0875. The molecular weight excluding hydrogens is 286 g/mol. The van der Waals surface area contributed by atoms with Crippen LogP contribution in [0.5, 0.6) is 0 Å². The first kappa shape index (κ1) is 13.7. The standard InChI is InChI=1S/C15H11N3O4/c1-22-15(19)10-6-3-2-5-9(10)14-16-11-7-4-8-12(18(20)21)13(11)17-14/h2-8H,1H3,(H,16,17). The van der Waals surface area contributed by atoms with Gasteiger partial charge in [-0.05, 0) is 12.1 Å². The Morgan fingerprint density at radius 3 is 2.73 bits per heavy atom. The summed E-state index contributed by atoms with van der Waals surface area (Å²) in [4.78, 5) is 29.7. The molecule has 0 spiro atoms. The summed E-state index contributed by atoms with van der Waals surface area (Å²) in [6.45, 7) is 0. The van der Waals surface area contributed by atoms with Gasteiger partial charge in [-0.25, -0.2) is 9.78 Å². The van der Waals surface area contributed by atoms with E-state index in [1.54, 1.807) is 36.4 Å². The van der Waals surface area contributed by atoms with Gasteiger partial charge in [0.2, 0.25) is 0 Å². The van der Waals surface area contributed by atoms with Gasteiger partial charge in [-0.1, -0.05) is 24.3 Å². The lowest BCUT2D eigenvalue weighted by Crippen LogP contribution is -2.03. The monoisotopic (exact) mass is 297 g/mol. The van der Waals surface area contributed by atoms with E-state index in [4.69, 9.17) is 4.74 Å². The van der Waals surface area contributed by atoms with Crippen molar-refractivity contribution in [1.82, 2.24) is 9.97 Å². The molecule has 2 aromatic carbocycles. The van der Waals surface area contributed by atoms with Gasteiger partial charge in [0.05, 0.1) is 23.1 Å². The molecule has 0 radical (unpaired) electrons. The number of non-ortho nitro benzene ring substituents is 1. The first-order valence-electron chi connectivity index (χ1n) is 6.42. The second-order valence-electron chi connectivity index (χ2n) is 4.55. The van der Waals surface area contributed by atoms with Crippen molar-refractivity contribution in [2.45, 2.75) is 0 Å². The molecule has 0 fully saturated rings. The third-order valence-electron chi connectivity index (χ3n) is 3.28. The Balaban J connectivity index is 2.22. The van der Waals surface area contributed by atoms with Crippen molar-refractivity contribution in [3.05, 3.63) is 58.1 Å². The average Bonchev–Trinajstić information content (AvgIpc) is 2.97. The molecule has 0 aliphatic heterocycles. The number of nitrogens with one attached hydrogen (secondary N) is 1. The van der Waals surface area contributed by atoms with Crippen LogP contribution >= 0.6 is 0 Å². The van der Waals surface area contributed by atoms with E-state index in [0.29, 0.717) is 22.5 Å². The number of para-hydroxylation sites is 1. The maximum atomic E-state index is 11.8. The molecule has 7 heteroatoms. The third kappa shape index (κ3) is 2.18. The van der Waals surface area contributed by atoms with E-state index in [-0.39, 0.29) is 11.2 Å². The molecular formula is C15H11N3O4. The van der Waals surface area contributed by atoms with E-state index in [1.807, 2.05) is 0 Å². The number of methoxy groups -OCH3 is 1. The summed E-state index contributed by atoms with van der Waals surface area (Å²) in [5.41, 5.74) is 1.56. The predicted molar refractivity (Wildman–Crippen MR) is 79.5 cm³/mol. The molecule has 0 bridgehead atoms. The van der Waals surface area contributed by atoms with Gasteiger partial charge < -0.3 is 9.72 Å². The number of esters is 1. The molecule has 7 nitrogen and oxygen atoms in total. The van der Waals surface area contributed by atoms with E-state index in [0.717, 1.165) is 0 Å². The summed E-state index contributed by atoms with van der Waals surface area (Å²) < 4.78 is 4.75. The fourth-order valence-corrected chi connectivity index (χ4v) is 2.27. The van der Waals surface area contributed by atoms with Crippen molar-refractivity contribution in [3.8, 4) is 11.4 Å². The van der Waals surface area contributed by atoms with Gasteiger partial charge in [0.15, 0.2) is 5.52 Å². The van der Waals surface area contributed by atoms with E-state index in [1.165, 1.54) is 13.2 Å². The van der Waals surface area contributed by atoms with Crippen LogP contribution in [0.4, 0.5) is 5.69 Å². The van der Waals surface area contributed by atoms with Gasteiger partial charge in [0.1, 0.15) is 5.82 Å². The highest BCUT2D eigenvalue weighted by Gasteiger charge is 2.19. The molecule has 1 N–H and O–H groups in total. The molecule has 3 rings (SSSR count). The zero-order chi connectivity index (χ0) is 15.7. The number of hydrogen-bond acceptors (Lipinski definition) is 5. The summed E-state index contributed by atoms with van der Waals surface area (Å²) in [5.74, 6) is -0.115. The van der Waals surface area contributed by atoms with Crippen LogP contribution in [0.2, 0.25) is 0 Å². The number of carbonyl (C=O) groups excluding carboxylic acids is 1. The van der Waals surface area contributed by atoms with Crippen molar-refractivity contribution in [1.29, 1.82) is 0 Å². The van der Waals surface area contributed by atoms with Crippen molar-refractivity contribution >= 4 is 22.7 Å². The number of nitrogens with zero attached hydrogens (tertiary/aromatic N) is 2. The number of nitro groups is 1. The summed E-state index contributed by atoms with van der Waals surface area (Å²) in [6.07, 6.45) is 0. The Labute approximate surface area is 124 Å². The van der Waals surface area contributed by atoms with Gasteiger partial charge in [-0.2, -0.15) is 0 Å². The van der Waals surface area contributed by atoms with Gasteiger partial charge >= 0.3 is 5.97 Å². The van der Waals surface area contributed by atoms with Crippen molar-refractivity contribution < 1.29 is 14.5 Å². The number of aromatic nitrogens is 2. The topological polar surface area (TPSA) is 98.1 Å². The maximum absolute atomic E-state index is 11.8. The second-order valence-corrected chi connectivity index (χ2v) is 4.55. The fourth-order valence-electron chi connectivity index (χ4n) is 2.27. The molecule has 0 aliphatic carbocycles. The molecule has 0 atom stereocenters. The zero-order valence-electron chi connectivity index (χ0n) is 11.6. The van der Waals surface area contributed by atoms with Crippen LogP contribution in [0.1, 0.15) is 10.4 Å². The Morgan fingerprint density at radius 2 is 2.00 bits per heavy atom. The lowest BCUT2D eigenvalue weighted by atomic mass is 10.1. The zero-order valence-corrected chi connectivity index (χ0v) is 11.6. The quantitative estimate of drug-likeness (QED) is 0.455. The van der Waals surface area contributed by atoms with E-state index in [2.05, 4.69) is 9.97 Å². The molecule has 0 unspecified atom stereocenters. The fraction of sp³-hybridized carbons (Fsp3) is 0.0667. The normalized spacial score (nSPS) is 10.6. The maximum Gasteiger partial charge on any atom is 0.338 e. The summed E-state index contributed by atoms with van der Waals surface area (Å²) >= 11 is 0. The first-order chi connectivity index (χ1) is 10.6. The number of rotatable bonds is 3. The molecule has 1 heterocycles. The van der Waals surface area contributed by atoms with Crippen LogP contribution in [-0.2, 0) is 4.74 Å². The second kappa shape index (κ2) is 5.28. The van der Waals surface area contributed by atoms with Crippen molar-refractivity contribution in [2.24, 2.45) is 0 Å². The predicted octanol–water partition coefficient (Wildman–Crippen LogP) is 2.92. The highest BCUT2D eigenvalue weighted by atomic mass is 16.6. The lowest BCUT2D eigenvalue weighted by Gasteiger charge is -2.04. The van der Waals surface area contributed by atoms with Crippen LogP contribution in [0.3, 0.4) is 0 Å². The molecule has 0 amide bonds. The number of carbonyl (C=O) groups is 1. The summed E-state index contributed by atoms with van der Waals surface area (Å²) in [7, 11) is 1.29. The molecule has 0 saturated carbocycles. The van der Waals surface area contributed by atoms with Gasteiger partial charge in [-0.3, -0.25) is 10.1 Å². The SMILES string of the molecule is COC(=O)c1ccccc1-c1nc2c([N+](=O)[O-])cccc2[nH]1. The molecule has 110 valence electrons. The van der Waals surface area contributed by atoms with Crippen molar-refractivity contribution in [2.75, 3.05) is 7.11 Å². The van der Waals surface area contributed by atoms with Gasteiger partial charge in [0.25, 0.3) is 5.69 Å². The van der Waals surface area contributed by atoms with Crippen LogP contribution in [-0.4, -0.2) is 28.0 Å². The molecule has 3 aromatic rings. The number of aromatic amines is 1. The Bertz CT molecular complexity index is 885. The highest BCUT2D eigenvalue weighted by molar-refractivity contribution is 5.97. The number of benzene rings is 2. The lowest BCUT2D eigenvalue weighted by molar-refractivity contribution is -0.383. The van der Waals surface area contributed by atoms with Crippen molar-refractivity contribution in [3.63, 3.8) is 0 Å². The summed E-state index contributed by atoms with van der Waals surface area (Å²) in [5, 5.41) is 11.1. The number of hydrogen-bond donors (Lipinski definition) is 1. The smallest absolute Gasteiger partial charge is 0.338 e. The van der Waals surface area contributed by atoms with Crippen LogP contribution in [0, 0.1) is 10.1 Å². The Morgan fingerprint density at radius 1 is 1.23 bits per heavy atom. The minimum atomic E-state index is -0.495. The summed E-state index contributed by atoms with van der Waals surface area (Å²) in [6, 6.07) is 11.4. The van der Waals surface area contributed by atoms with Crippen LogP contribution in [0.15, 0.2) is 42.5 Å². The van der Waals surface area contributed by atoms with E-state index < -0.39 is 10.9 Å². The molecule has 0 aliphatic rings. The number of ether oxygens (including phenoxy) is 1. The van der Waals surface area contributed by atoms with Gasteiger partial charge in [-0.15, -0.1) is 0 Å². The third-order valence-corrected chi connectivity index (χ3v) is 3.28. The Kier molecular flexibility index (Phi) is 3.30. The number of fused-ring (bicyclic) bond motifs is 1. The van der Waals surface area contributed by atoms with Crippen LogP contribution < -0.4 is 0 Å². The average molecular weight is 297 g/mol. The largest absolute Gasteiger partial charge is 0.465 e. The van der Waals surface area contributed by atoms with E-state index in [9.17, 15) is 14.9 Å². The number of imidazole rings is 1. The van der Waals surface area contributed by atoms with Crippen LogP contribution in [0.25, 0.3) is 22.4 Å². The Hall–Kier alpha value is -3.22. The molecule has 0 saturated heterocycles. The number of nitro benzene ring substituents is 1. The van der Waals surface area contributed by atoms with Gasteiger partial charge in [0, 0.05) is 11.6 Å². The minimum Gasteiger partial charge on any atom is -0.465 e. The van der Waals surface area contributed by atoms with E-state index >= 15 is 0 Å². The number of H-pyrrole nitrogens is 1. The first-order valence-corrected chi connectivity index (χ1v) is 6.42. The molecule has 22 heavy (non-hydrogen) atoms. The highest BCUT2D eigenvalue weighted by Crippen LogP contribution is 2.28. The molecule has 1 aromatic heterocycles.